The maximum absolute atomic E-state index is 5.10. The summed E-state index contributed by atoms with van der Waals surface area (Å²) < 4.78 is 0. The summed E-state index contributed by atoms with van der Waals surface area (Å²) in [5.41, 5.74) is 15.8. The molecule has 5 heteroatoms. The first-order valence-corrected chi connectivity index (χ1v) is 17.4. The molecule has 0 fully saturated rings. The van der Waals surface area contributed by atoms with Gasteiger partial charge in [-0.15, -0.1) is 0 Å². The monoisotopic (exact) mass is 650 g/mol. The average molecular weight is 651 g/mol. The first-order valence-electron chi connectivity index (χ1n) is 17.4. The zero-order valence-corrected chi connectivity index (χ0v) is 27.8. The van der Waals surface area contributed by atoms with Gasteiger partial charge in [0.15, 0.2) is 5.82 Å². The van der Waals surface area contributed by atoms with E-state index in [2.05, 4.69) is 173 Å². The minimum atomic E-state index is -0.0103. The normalized spacial score (nSPS) is 12.6. The fourth-order valence-corrected chi connectivity index (χ4v) is 7.71. The summed E-state index contributed by atoms with van der Waals surface area (Å²) in [4.78, 5) is 15.1. The van der Waals surface area contributed by atoms with Crippen LogP contribution in [0.15, 0.2) is 188 Å². The van der Waals surface area contributed by atoms with E-state index in [-0.39, 0.29) is 6.98 Å². The Morgan fingerprint density at radius 1 is 0.353 bits per heavy atom. The van der Waals surface area contributed by atoms with Crippen molar-refractivity contribution in [3.8, 4) is 56.2 Å². The second-order valence-corrected chi connectivity index (χ2v) is 13.0. The van der Waals surface area contributed by atoms with Crippen LogP contribution in [-0.2, 0) is 0 Å². The highest BCUT2D eigenvalue weighted by atomic mass is 15.3. The summed E-state index contributed by atoms with van der Waals surface area (Å²) in [6.07, 6.45) is 0. The summed E-state index contributed by atoms with van der Waals surface area (Å²) in [6.45, 7) is -0.0103. The van der Waals surface area contributed by atoms with Crippen molar-refractivity contribution < 1.29 is 0 Å². The van der Waals surface area contributed by atoms with Crippen LogP contribution in [0, 0.1) is 0 Å². The molecule has 0 N–H and O–H groups in total. The molecular weight excluding hydrogens is 619 g/mol. The van der Waals surface area contributed by atoms with Crippen molar-refractivity contribution in [1.29, 1.82) is 0 Å². The van der Waals surface area contributed by atoms with E-state index in [1.165, 1.54) is 33.7 Å². The highest BCUT2D eigenvalue weighted by Gasteiger charge is 2.47. The van der Waals surface area contributed by atoms with Crippen LogP contribution < -0.4 is 15.1 Å². The number of nitrogens with zero attached hydrogens (tertiary/aromatic N) is 4. The summed E-state index contributed by atoms with van der Waals surface area (Å²) in [5, 5.41) is 0. The van der Waals surface area contributed by atoms with Gasteiger partial charge in [-0.2, -0.15) is 0 Å². The molecule has 0 amide bonds. The minimum absolute atomic E-state index is 0.0103. The molecule has 238 valence electrons. The Morgan fingerprint density at radius 3 is 1.65 bits per heavy atom. The van der Waals surface area contributed by atoms with Gasteiger partial charge in [-0.1, -0.05) is 146 Å². The maximum atomic E-state index is 5.10. The van der Waals surface area contributed by atoms with Crippen molar-refractivity contribution in [2.24, 2.45) is 0 Å². The molecule has 0 unspecified atom stereocenters. The average Bonchev–Trinajstić information content (AvgIpc) is 3.57. The van der Waals surface area contributed by atoms with E-state index in [0.29, 0.717) is 5.82 Å². The molecule has 2 aliphatic rings. The second-order valence-electron chi connectivity index (χ2n) is 13.0. The highest BCUT2D eigenvalue weighted by molar-refractivity contribution is 6.86. The van der Waals surface area contributed by atoms with Crippen molar-refractivity contribution in [3.63, 3.8) is 0 Å². The van der Waals surface area contributed by atoms with Crippen LogP contribution in [0.2, 0.25) is 0 Å². The zero-order chi connectivity index (χ0) is 33.7. The standard InChI is InChI=1S/C46H31BN4/c1-3-15-32(16-4-1)41-31-42(49-46(48-41)33-17-5-2-6-18-33)36-21-13-19-34(29-36)35-20-14-22-37(30-35)50-44-27-11-12-28-45(44)51-43-26-10-8-24-39(43)38-23-7-9-25-40(38)47(50)51/h1-31H. The van der Waals surface area contributed by atoms with Crippen LogP contribution in [0.1, 0.15) is 0 Å². The Balaban J connectivity index is 1.08. The third kappa shape index (κ3) is 4.93. The molecule has 2 aliphatic heterocycles. The van der Waals surface area contributed by atoms with Gasteiger partial charge in [0, 0.05) is 33.6 Å². The van der Waals surface area contributed by atoms with Crippen LogP contribution in [0.3, 0.4) is 0 Å². The molecule has 8 aromatic rings. The highest BCUT2D eigenvalue weighted by Crippen LogP contribution is 2.51. The molecule has 0 atom stereocenters. The number of para-hydroxylation sites is 3. The minimum Gasteiger partial charge on any atom is -0.360 e. The predicted octanol–water partition coefficient (Wildman–Crippen LogP) is 10.8. The smallest absolute Gasteiger partial charge is 0.360 e. The Labute approximate surface area is 298 Å². The number of anilines is 4. The van der Waals surface area contributed by atoms with Crippen molar-refractivity contribution in [2.75, 3.05) is 9.62 Å². The van der Waals surface area contributed by atoms with Gasteiger partial charge in [-0.25, -0.2) is 9.97 Å². The van der Waals surface area contributed by atoms with Crippen LogP contribution in [0.4, 0.5) is 22.7 Å². The Morgan fingerprint density at radius 2 is 0.882 bits per heavy atom. The predicted molar refractivity (Wildman–Crippen MR) is 212 cm³/mol. The molecule has 3 heterocycles. The molecule has 51 heavy (non-hydrogen) atoms. The first-order chi connectivity index (χ1) is 25.3. The number of aromatic nitrogens is 2. The van der Waals surface area contributed by atoms with Crippen LogP contribution in [0.25, 0.3) is 56.2 Å². The molecule has 0 bridgehead atoms. The van der Waals surface area contributed by atoms with Crippen molar-refractivity contribution >= 4 is 35.2 Å². The maximum Gasteiger partial charge on any atom is 0.421 e. The Hall–Kier alpha value is -6.72. The van der Waals surface area contributed by atoms with E-state index in [1.807, 2.05) is 24.3 Å². The quantitative estimate of drug-likeness (QED) is 0.174. The van der Waals surface area contributed by atoms with Crippen molar-refractivity contribution in [3.05, 3.63) is 188 Å². The van der Waals surface area contributed by atoms with Gasteiger partial charge in [-0.3, -0.25) is 0 Å². The van der Waals surface area contributed by atoms with Crippen molar-refractivity contribution in [1.82, 2.24) is 9.97 Å². The Bertz CT molecular complexity index is 2510. The van der Waals surface area contributed by atoms with Gasteiger partial charge >= 0.3 is 6.98 Å². The van der Waals surface area contributed by atoms with Gasteiger partial charge in [0.05, 0.1) is 22.8 Å². The number of hydrogen-bond acceptors (Lipinski definition) is 4. The van der Waals surface area contributed by atoms with Gasteiger partial charge in [0.25, 0.3) is 0 Å². The molecule has 0 spiro atoms. The zero-order valence-electron chi connectivity index (χ0n) is 27.8. The van der Waals surface area contributed by atoms with Crippen LogP contribution in [0.5, 0.6) is 0 Å². The molecule has 7 aromatic carbocycles. The van der Waals surface area contributed by atoms with Crippen LogP contribution >= 0.6 is 0 Å². The number of benzene rings is 7. The van der Waals surface area contributed by atoms with E-state index < -0.39 is 0 Å². The molecule has 0 aliphatic carbocycles. The number of hydrogen-bond donors (Lipinski definition) is 0. The fraction of sp³-hybridized carbons (Fsp3) is 0. The van der Waals surface area contributed by atoms with E-state index in [9.17, 15) is 0 Å². The largest absolute Gasteiger partial charge is 0.421 e. The lowest BCUT2D eigenvalue weighted by molar-refractivity contribution is 1.18. The first kappa shape index (κ1) is 29.2. The third-order valence-corrected chi connectivity index (χ3v) is 10.0. The molecule has 4 nitrogen and oxygen atoms in total. The van der Waals surface area contributed by atoms with Gasteiger partial charge < -0.3 is 9.62 Å². The van der Waals surface area contributed by atoms with Gasteiger partial charge in [0.2, 0.25) is 0 Å². The fourth-order valence-electron chi connectivity index (χ4n) is 7.71. The van der Waals surface area contributed by atoms with E-state index in [4.69, 9.17) is 9.97 Å². The van der Waals surface area contributed by atoms with Crippen molar-refractivity contribution in [2.45, 2.75) is 0 Å². The lowest BCUT2D eigenvalue weighted by Crippen LogP contribution is -2.55. The topological polar surface area (TPSA) is 32.3 Å². The van der Waals surface area contributed by atoms with Gasteiger partial charge in [-0.05, 0) is 64.6 Å². The van der Waals surface area contributed by atoms with E-state index >= 15 is 0 Å². The number of rotatable bonds is 5. The van der Waals surface area contributed by atoms with Crippen LogP contribution in [-0.4, -0.2) is 17.0 Å². The van der Waals surface area contributed by atoms with Gasteiger partial charge in [0.1, 0.15) is 0 Å². The number of fused-ring (bicyclic) bond motifs is 8. The molecule has 10 rings (SSSR count). The third-order valence-electron chi connectivity index (χ3n) is 10.0. The molecular formula is C46H31BN4. The summed E-state index contributed by atoms with van der Waals surface area (Å²) in [6, 6.07) is 66.7. The summed E-state index contributed by atoms with van der Waals surface area (Å²) >= 11 is 0. The lowest BCUT2D eigenvalue weighted by Gasteiger charge is -2.36. The second kappa shape index (κ2) is 12.0. The molecule has 0 saturated heterocycles. The molecule has 1 aromatic heterocycles. The van der Waals surface area contributed by atoms with E-state index in [1.54, 1.807) is 0 Å². The summed E-state index contributed by atoms with van der Waals surface area (Å²) in [5.74, 6) is 0.714. The Kier molecular flexibility index (Phi) is 6.88. The summed E-state index contributed by atoms with van der Waals surface area (Å²) in [7, 11) is 0. The lowest BCUT2D eigenvalue weighted by atomic mass is 9.59. The SMILES string of the molecule is c1ccc(-c2cc(-c3cccc(-c4cccc(N5B6c7ccccc7-c7ccccc7N6c6ccccc65)c4)c3)nc(-c3ccccc3)n2)cc1. The van der Waals surface area contributed by atoms with E-state index in [0.717, 1.165) is 44.9 Å². The molecule has 0 saturated carbocycles. The molecule has 0 radical (unpaired) electrons.